The van der Waals surface area contributed by atoms with Gasteiger partial charge in [-0.1, -0.05) is 24.3 Å². The van der Waals surface area contributed by atoms with Gasteiger partial charge in [0.1, 0.15) is 0 Å². The van der Waals surface area contributed by atoms with Crippen LogP contribution in [0.15, 0.2) is 48.5 Å². The first kappa shape index (κ1) is 16.8. The molecule has 2 aromatic carbocycles. The van der Waals surface area contributed by atoms with E-state index in [4.69, 9.17) is 4.74 Å². The lowest BCUT2D eigenvalue weighted by molar-refractivity contribution is 0.0858. The zero-order valence-corrected chi connectivity index (χ0v) is 14.6. The molecule has 2 aliphatic rings. The Morgan fingerprint density at radius 1 is 1.12 bits per heavy atom. The maximum atomic E-state index is 12.9. The first-order valence-corrected chi connectivity index (χ1v) is 9.12. The van der Waals surface area contributed by atoms with Gasteiger partial charge in [0.2, 0.25) is 0 Å². The second kappa shape index (κ2) is 7.30. The quantitative estimate of drug-likeness (QED) is 0.922. The average Bonchev–Trinajstić information content (AvgIpc) is 3.35. The van der Waals surface area contributed by atoms with Crippen molar-refractivity contribution in [2.24, 2.45) is 0 Å². The fourth-order valence-electron chi connectivity index (χ4n) is 3.61. The Morgan fingerprint density at radius 3 is 2.81 bits per heavy atom. The van der Waals surface area contributed by atoms with Crippen molar-refractivity contribution in [1.29, 1.82) is 0 Å². The number of ether oxygens (including phenoxy) is 1. The Kier molecular flexibility index (Phi) is 4.71. The number of para-hydroxylation sites is 1. The van der Waals surface area contributed by atoms with Crippen LogP contribution in [0.5, 0.6) is 0 Å². The third-order valence-corrected chi connectivity index (χ3v) is 5.02. The predicted octanol–water partition coefficient (Wildman–Crippen LogP) is 2.80. The first-order chi connectivity index (χ1) is 12.7. The largest absolute Gasteiger partial charge is 0.376 e. The zero-order chi connectivity index (χ0) is 17.9. The normalized spacial score (nSPS) is 18.6. The first-order valence-electron chi connectivity index (χ1n) is 9.12. The van der Waals surface area contributed by atoms with E-state index < -0.39 is 0 Å². The number of hydrogen-bond acceptors (Lipinski definition) is 3. The lowest BCUT2D eigenvalue weighted by atomic mass is 10.1. The molecule has 5 heteroatoms. The number of nitrogens with one attached hydrogen (secondary N) is 1. The Labute approximate surface area is 153 Å². The minimum absolute atomic E-state index is 0.0660. The van der Waals surface area contributed by atoms with Crippen LogP contribution in [0.1, 0.15) is 39.1 Å². The van der Waals surface area contributed by atoms with Crippen LogP contribution in [-0.4, -0.2) is 37.6 Å². The van der Waals surface area contributed by atoms with Gasteiger partial charge in [-0.2, -0.15) is 0 Å². The molecule has 1 N–H and O–H groups in total. The molecule has 1 fully saturated rings. The molecule has 4 rings (SSSR count). The van der Waals surface area contributed by atoms with Crippen molar-refractivity contribution in [1.82, 2.24) is 5.32 Å². The van der Waals surface area contributed by atoms with E-state index in [1.807, 2.05) is 18.2 Å². The molecule has 2 aliphatic heterocycles. The Balaban J connectivity index is 1.47. The number of carbonyl (C=O) groups is 2. The van der Waals surface area contributed by atoms with E-state index >= 15 is 0 Å². The van der Waals surface area contributed by atoms with E-state index in [-0.39, 0.29) is 17.9 Å². The number of fused-ring (bicyclic) bond motifs is 1. The van der Waals surface area contributed by atoms with Crippen LogP contribution in [0.2, 0.25) is 0 Å². The maximum absolute atomic E-state index is 12.9. The fraction of sp³-hybridized carbons (Fsp3) is 0.333. The SMILES string of the molecule is O=C(NCC1CCCO1)c1cccc(C(=O)N2CCc3ccccc32)c1. The summed E-state index contributed by atoms with van der Waals surface area (Å²) in [6.07, 6.45) is 2.99. The number of amides is 2. The van der Waals surface area contributed by atoms with Crippen LogP contribution in [0.3, 0.4) is 0 Å². The van der Waals surface area contributed by atoms with Crippen molar-refractivity contribution >= 4 is 17.5 Å². The molecular weight excluding hydrogens is 328 g/mol. The van der Waals surface area contributed by atoms with Crippen molar-refractivity contribution in [3.63, 3.8) is 0 Å². The molecule has 1 unspecified atom stereocenters. The van der Waals surface area contributed by atoms with Crippen LogP contribution < -0.4 is 10.2 Å². The molecule has 1 atom stereocenters. The standard InChI is InChI=1S/C21H22N2O3/c24-20(22-14-18-8-4-12-26-18)16-6-3-7-17(13-16)21(25)23-11-10-15-5-1-2-9-19(15)23/h1-3,5-7,9,13,18H,4,8,10-12,14H2,(H,22,24). The lowest BCUT2D eigenvalue weighted by Crippen LogP contribution is -2.32. The third kappa shape index (κ3) is 3.35. The van der Waals surface area contributed by atoms with Gasteiger partial charge in [-0.05, 0) is 49.1 Å². The summed E-state index contributed by atoms with van der Waals surface area (Å²) in [7, 11) is 0. The molecular formula is C21H22N2O3. The summed E-state index contributed by atoms with van der Waals surface area (Å²) in [5.74, 6) is -0.235. The van der Waals surface area contributed by atoms with Crippen LogP contribution in [0, 0.1) is 0 Å². The second-order valence-corrected chi connectivity index (χ2v) is 6.76. The minimum Gasteiger partial charge on any atom is -0.376 e. The van der Waals surface area contributed by atoms with Crippen molar-refractivity contribution in [2.75, 3.05) is 24.6 Å². The predicted molar refractivity (Wildman–Crippen MR) is 99.6 cm³/mol. The molecule has 2 aromatic rings. The van der Waals surface area contributed by atoms with Crippen molar-refractivity contribution < 1.29 is 14.3 Å². The topological polar surface area (TPSA) is 58.6 Å². The van der Waals surface area contributed by atoms with E-state index in [1.54, 1.807) is 29.2 Å². The van der Waals surface area contributed by atoms with Crippen molar-refractivity contribution in [3.8, 4) is 0 Å². The summed E-state index contributed by atoms with van der Waals surface area (Å²) in [5.41, 5.74) is 3.19. The average molecular weight is 350 g/mol. The number of hydrogen-bond donors (Lipinski definition) is 1. The van der Waals surface area contributed by atoms with Crippen LogP contribution in [0.25, 0.3) is 0 Å². The highest BCUT2D eigenvalue weighted by Crippen LogP contribution is 2.28. The van der Waals surface area contributed by atoms with Crippen LogP contribution >= 0.6 is 0 Å². The van der Waals surface area contributed by atoms with Gasteiger partial charge in [0.15, 0.2) is 0 Å². The maximum Gasteiger partial charge on any atom is 0.258 e. The molecule has 2 amide bonds. The smallest absolute Gasteiger partial charge is 0.258 e. The van der Waals surface area contributed by atoms with Crippen molar-refractivity contribution in [3.05, 3.63) is 65.2 Å². The molecule has 0 spiro atoms. The molecule has 134 valence electrons. The lowest BCUT2D eigenvalue weighted by Gasteiger charge is -2.18. The van der Waals surface area contributed by atoms with Gasteiger partial charge < -0.3 is 15.0 Å². The molecule has 5 nitrogen and oxygen atoms in total. The summed E-state index contributed by atoms with van der Waals surface area (Å²) in [5, 5.41) is 2.90. The molecule has 2 heterocycles. The van der Waals surface area contributed by atoms with Gasteiger partial charge in [-0.25, -0.2) is 0 Å². The highest BCUT2D eigenvalue weighted by molar-refractivity contribution is 6.08. The highest BCUT2D eigenvalue weighted by atomic mass is 16.5. The summed E-state index contributed by atoms with van der Waals surface area (Å²) >= 11 is 0. The molecule has 1 saturated heterocycles. The van der Waals surface area contributed by atoms with Gasteiger partial charge in [0.05, 0.1) is 6.10 Å². The van der Waals surface area contributed by atoms with Gasteiger partial charge in [-0.3, -0.25) is 9.59 Å². The van der Waals surface area contributed by atoms with Gasteiger partial charge in [0, 0.05) is 36.5 Å². The molecule has 0 saturated carbocycles. The minimum atomic E-state index is -0.169. The van der Waals surface area contributed by atoms with Gasteiger partial charge in [-0.15, -0.1) is 0 Å². The molecule has 0 bridgehead atoms. The van der Waals surface area contributed by atoms with Gasteiger partial charge in [0.25, 0.3) is 11.8 Å². The van der Waals surface area contributed by atoms with Crippen LogP contribution in [-0.2, 0) is 11.2 Å². The number of anilines is 1. The Morgan fingerprint density at radius 2 is 1.96 bits per heavy atom. The highest BCUT2D eigenvalue weighted by Gasteiger charge is 2.25. The summed E-state index contributed by atoms with van der Waals surface area (Å²) < 4.78 is 5.53. The number of rotatable bonds is 4. The van der Waals surface area contributed by atoms with Gasteiger partial charge >= 0.3 is 0 Å². The van der Waals surface area contributed by atoms with Crippen LogP contribution in [0.4, 0.5) is 5.69 Å². The number of nitrogens with zero attached hydrogens (tertiary/aromatic N) is 1. The molecule has 0 radical (unpaired) electrons. The summed E-state index contributed by atoms with van der Waals surface area (Å²) in [6.45, 7) is 1.95. The number of carbonyl (C=O) groups excluding carboxylic acids is 2. The Bertz CT molecular complexity index is 828. The molecule has 0 aliphatic carbocycles. The van der Waals surface area contributed by atoms with E-state index in [0.29, 0.717) is 24.2 Å². The Hall–Kier alpha value is -2.66. The fourth-order valence-corrected chi connectivity index (χ4v) is 3.61. The monoisotopic (exact) mass is 350 g/mol. The van der Waals surface area contributed by atoms with E-state index in [9.17, 15) is 9.59 Å². The second-order valence-electron chi connectivity index (χ2n) is 6.76. The third-order valence-electron chi connectivity index (χ3n) is 5.02. The zero-order valence-electron chi connectivity index (χ0n) is 14.6. The van der Waals surface area contributed by atoms with E-state index in [1.165, 1.54) is 5.56 Å². The molecule has 26 heavy (non-hydrogen) atoms. The summed E-state index contributed by atoms with van der Waals surface area (Å²) in [6, 6.07) is 14.9. The van der Waals surface area contributed by atoms with E-state index in [0.717, 1.165) is 31.6 Å². The van der Waals surface area contributed by atoms with Crippen molar-refractivity contribution in [2.45, 2.75) is 25.4 Å². The molecule has 0 aromatic heterocycles. The number of benzene rings is 2. The van der Waals surface area contributed by atoms with E-state index in [2.05, 4.69) is 11.4 Å². The summed E-state index contributed by atoms with van der Waals surface area (Å²) in [4.78, 5) is 27.1.